The van der Waals surface area contributed by atoms with Crippen LogP contribution in [0.3, 0.4) is 0 Å². The lowest BCUT2D eigenvalue weighted by Crippen LogP contribution is -2.13. The van der Waals surface area contributed by atoms with E-state index in [4.69, 9.17) is 0 Å². The predicted octanol–water partition coefficient (Wildman–Crippen LogP) is 4.07. The summed E-state index contributed by atoms with van der Waals surface area (Å²) in [4.78, 5) is 13.6. The molecule has 0 atom stereocenters. The molecular weight excluding hydrogens is 260 g/mol. The van der Waals surface area contributed by atoms with E-state index in [0.29, 0.717) is 5.69 Å². The topological polar surface area (TPSA) is 50.4 Å². The van der Waals surface area contributed by atoms with Crippen LogP contribution in [0.25, 0.3) is 0 Å². The number of ether oxygens (including phenoxy) is 1. The second kappa shape index (κ2) is 4.85. The van der Waals surface area contributed by atoms with Crippen molar-refractivity contribution in [2.24, 2.45) is 0 Å². The molecule has 0 fully saturated rings. The highest BCUT2D eigenvalue weighted by atomic mass is 32.2. The number of amides is 1. The Bertz CT molecular complexity index is 643. The Morgan fingerprint density at radius 1 is 1.16 bits per heavy atom. The molecule has 0 bridgehead atoms. The van der Waals surface area contributed by atoms with Crippen LogP contribution in [0.5, 0.6) is 0 Å². The van der Waals surface area contributed by atoms with Gasteiger partial charge in [0.15, 0.2) is 0 Å². The molecule has 2 aromatic carbocycles. The van der Waals surface area contributed by atoms with Crippen LogP contribution < -0.4 is 10.6 Å². The minimum atomic E-state index is -0.473. The average molecular weight is 272 g/mol. The number of fused-ring (bicyclic) bond motifs is 2. The molecular formula is C14H12N2O2S. The molecule has 3 rings (SSSR count). The van der Waals surface area contributed by atoms with Gasteiger partial charge in [0.05, 0.1) is 24.2 Å². The smallest absolute Gasteiger partial charge is 0.411 e. The number of rotatable bonds is 1. The van der Waals surface area contributed by atoms with E-state index in [1.165, 1.54) is 12.0 Å². The lowest BCUT2D eigenvalue weighted by Gasteiger charge is -2.23. The van der Waals surface area contributed by atoms with E-state index >= 15 is 0 Å². The standard InChI is InChI=1S/C14H12N2O2S/c1-18-14(17)16-10-6-4-8-12-13(10)15-9-5-2-3-7-11(9)19-12/h2-8,15H,1H3,(H,16,17). The zero-order valence-electron chi connectivity index (χ0n) is 10.3. The van der Waals surface area contributed by atoms with Gasteiger partial charge in [0.1, 0.15) is 0 Å². The Hall–Kier alpha value is -2.14. The maximum absolute atomic E-state index is 11.3. The first-order valence-electron chi connectivity index (χ1n) is 5.80. The van der Waals surface area contributed by atoms with Crippen LogP contribution in [-0.4, -0.2) is 13.2 Å². The summed E-state index contributed by atoms with van der Waals surface area (Å²) in [5.41, 5.74) is 2.65. The van der Waals surface area contributed by atoms with Crippen LogP contribution in [0.1, 0.15) is 0 Å². The summed E-state index contributed by atoms with van der Waals surface area (Å²) in [5, 5.41) is 6.06. The molecule has 0 aliphatic carbocycles. The van der Waals surface area contributed by atoms with E-state index in [9.17, 15) is 4.79 Å². The number of anilines is 3. The fourth-order valence-corrected chi connectivity index (χ4v) is 2.94. The number of nitrogens with one attached hydrogen (secondary N) is 2. The molecule has 0 aromatic heterocycles. The Balaban J connectivity index is 1.99. The first-order chi connectivity index (χ1) is 9.28. The number of carbonyl (C=O) groups excluding carboxylic acids is 1. The monoisotopic (exact) mass is 272 g/mol. The Morgan fingerprint density at radius 3 is 2.79 bits per heavy atom. The van der Waals surface area contributed by atoms with Crippen LogP contribution in [0.2, 0.25) is 0 Å². The summed E-state index contributed by atoms with van der Waals surface area (Å²) in [6.45, 7) is 0. The summed E-state index contributed by atoms with van der Waals surface area (Å²) >= 11 is 1.68. The highest BCUT2D eigenvalue weighted by Gasteiger charge is 2.18. The van der Waals surface area contributed by atoms with Crippen LogP contribution >= 0.6 is 11.8 Å². The van der Waals surface area contributed by atoms with Gasteiger partial charge in [-0.2, -0.15) is 0 Å². The number of para-hydroxylation sites is 2. The summed E-state index contributed by atoms with van der Waals surface area (Å²) in [6, 6.07) is 13.8. The molecule has 0 radical (unpaired) electrons. The van der Waals surface area contributed by atoms with Gasteiger partial charge in [-0.05, 0) is 24.3 Å². The van der Waals surface area contributed by atoms with Crippen molar-refractivity contribution in [3.8, 4) is 0 Å². The van der Waals surface area contributed by atoms with E-state index in [1.807, 2.05) is 36.4 Å². The highest BCUT2D eigenvalue weighted by Crippen LogP contribution is 2.46. The van der Waals surface area contributed by atoms with Crippen LogP contribution in [0.15, 0.2) is 52.3 Å². The molecule has 1 amide bonds. The van der Waals surface area contributed by atoms with Crippen LogP contribution in [-0.2, 0) is 4.74 Å². The van der Waals surface area contributed by atoms with E-state index in [0.717, 1.165) is 16.3 Å². The largest absolute Gasteiger partial charge is 0.453 e. The number of hydrogen-bond donors (Lipinski definition) is 2. The molecule has 0 saturated carbocycles. The third kappa shape index (κ3) is 2.24. The molecule has 19 heavy (non-hydrogen) atoms. The second-order valence-electron chi connectivity index (χ2n) is 4.02. The number of benzene rings is 2. The fraction of sp³-hybridized carbons (Fsp3) is 0.0714. The average Bonchev–Trinajstić information content (AvgIpc) is 2.45. The van der Waals surface area contributed by atoms with Gasteiger partial charge in [0.2, 0.25) is 0 Å². The van der Waals surface area contributed by atoms with E-state index in [-0.39, 0.29) is 0 Å². The SMILES string of the molecule is COC(=O)Nc1cccc2c1Nc1ccccc1S2. The number of methoxy groups -OCH3 is 1. The lowest BCUT2D eigenvalue weighted by molar-refractivity contribution is 0.187. The molecule has 2 aromatic rings. The van der Waals surface area contributed by atoms with Gasteiger partial charge < -0.3 is 10.1 Å². The molecule has 4 nitrogen and oxygen atoms in total. The third-order valence-electron chi connectivity index (χ3n) is 2.81. The molecule has 96 valence electrons. The molecule has 5 heteroatoms. The van der Waals surface area contributed by atoms with Crippen molar-refractivity contribution in [1.82, 2.24) is 0 Å². The molecule has 2 N–H and O–H groups in total. The van der Waals surface area contributed by atoms with Gasteiger partial charge >= 0.3 is 6.09 Å². The van der Waals surface area contributed by atoms with Crippen molar-refractivity contribution in [2.45, 2.75) is 9.79 Å². The molecule has 1 heterocycles. The summed E-state index contributed by atoms with van der Waals surface area (Å²) < 4.78 is 4.63. The maximum atomic E-state index is 11.3. The highest BCUT2D eigenvalue weighted by molar-refractivity contribution is 7.99. The van der Waals surface area contributed by atoms with Crippen LogP contribution in [0.4, 0.5) is 21.9 Å². The molecule has 1 aliphatic heterocycles. The van der Waals surface area contributed by atoms with Crippen molar-refractivity contribution >= 4 is 34.9 Å². The second-order valence-corrected chi connectivity index (χ2v) is 5.10. The molecule has 1 aliphatic rings. The van der Waals surface area contributed by atoms with Gasteiger partial charge in [-0.15, -0.1) is 0 Å². The van der Waals surface area contributed by atoms with Gasteiger partial charge in [0.25, 0.3) is 0 Å². The van der Waals surface area contributed by atoms with E-state index in [2.05, 4.69) is 21.4 Å². The van der Waals surface area contributed by atoms with Crippen molar-refractivity contribution in [2.75, 3.05) is 17.7 Å². The van der Waals surface area contributed by atoms with Gasteiger partial charge in [-0.3, -0.25) is 5.32 Å². The Labute approximate surface area is 115 Å². The predicted molar refractivity (Wildman–Crippen MR) is 76.3 cm³/mol. The fourth-order valence-electron chi connectivity index (χ4n) is 1.92. The number of carbonyl (C=O) groups is 1. The zero-order chi connectivity index (χ0) is 13.2. The van der Waals surface area contributed by atoms with Crippen molar-refractivity contribution in [3.63, 3.8) is 0 Å². The van der Waals surface area contributed by atoms with Gasteiger partial charge in [0, 0.05) is 9.79 Å². The number of hydrogen-bond acceptors (Lipinski definition) is 4. The van der Waals surface area contributed by atoms with Crippen molar-refractivity contribution in [3.05, 3.63) is 42.5 Å². The minimum Gasteiger partial charge on any atom is -0.453 e. The summed E-state index contributed by atoms with van der Waals surface area (Å²) in [5.74, 6) is 0. The maximum Gasteiger partial charge on any atom is 0.411 e. The van der Waals surface area contributed by atoms with Gasteiger partial charge in [-0.25, -0.2) is 4.79 Å². The minimum absolute atomic E-state index is 0.473. The quantitative estimate of drug-likeness (QED) is 0.701. The first kappa shape index (κ1) is 11.9. The Morgan fingerprint density at radius 2 is 1.95 bits per heavy atom. The third-order valence-corrected chi connectivity index (χ3v) is 3.95. The molecule has 0 spiro atoms. The lowest BCUT2D eigenvalue weighted by atomic mass is 10.2. The van der Waals surface area contributed by atoms with Crippen molar-refractivity contribution < 1.29 is 9.53 Å². The van der Waals surface area contributed by atoms with E-state index < -0.39 is 6.09 Å². The first-order valence-corrected chi connectivity index (χ1v) is 6.61. The van der Waals surface area contributed by atoms with Gasteiger partial charge in [-0.1, -0.05) is 30.0 Å². The van der Waals surface area contributed by atoms with E-state index in [1.54, 1.807) is 11.8 Å². The Kier molecular flexibility index (Phi) is 3.05. The van der Waals surface area contributed by atoms with Crippen molar-refractivity contribution in [1.29, 1.82) is 0 Å². The van der Waals surface area contributed by atoms with Crippen LogP contribution in [0, 0.1) is 0 Å². The normalized spacial score (nSPS) is 11.8. The molecule has 0 unspecified atom stereocenters. The summed E-state index contributed by atoms with van der Waals surface area (Å²) in [7, 11) is 1.35. The summed E-state index contributed by atoms with van der Waals surface area (Å²) in [6.07, 6.45) is -0.473. The molecule has 0 saturated heterocycles. The zero-order valence-corrected chi connectivity index (χ0v) is 11.1.